The third-order valence-electron chi connectivity index (χ3n) is 4.26. The average molecular weight is 320 g/mol. The third-order valence-corrected chi connectivity index (χ3v) is 4.49. The van der Waals surface area contributed by atoms with E-state index in [0.717, 1.165) is 22.2 Å². The van der Waals surface area contributed by atoms with Crippen molar-refractivity contribution in [1.29, 1.82) is 0 Å². The van der Waals surface area contributed by atoms with Gasteiger partial charge < -0.3 is 0 Å². The summed E-state index contributed by atoms with van der Waals surface area (Å²) in [6.07, 6.45) is 0. The van der Waals surface area contributed by atoms with Gasteiger partial charge in [-0.05, 0) is 36.4 Å². The summed E-state index contributed by atoms with van der Waals surface area (Å²) in [5, 5.41) is 2.29. The van der Waals surface area contributed by atoms with Crippen LogP contribution < -0.4 is 5.56 Å². The molecule has 23 heavy (non-hydrogen) atoms. The second-order valence-corrected chi connectivity index (χ2v) is 6.11. The number of nitrogens with zero attached hydrogens (tertiary/aromatic N) is 3. The molecule has 0 N–H and O–H groups in total. The fourth-order valence-electron chi connectivity index (χ4n) is 3.17. The van der Waals surface area contributed by atoms with Gasteiger partial charge in [-0.2, -0.15) is 0 Å². The molecule has 0 unspecified atom stereocenters. The Kier molecular flexibility index (Phi) is 2.44. The zero-order valence-corrected chi connectivity index (χ0v) is 12.7. The monoisotopic (exact) mass is 319 g/mol. The minimum absolute atomic E-state index is 0.0225. The number of hydrogen-bond acceptors (Lipinski definition) is 3. The fourth-order valence-corrected chi connectivity index (χ4v) is 3.35. The zero-order valence-electron chi connectivity index (χ0n) is 12.0. The van der Waals surface area contributed by atoms with Gasteiger partial charge in [-0.3, -0.25) is 9.36 Å². The molecular formula is C18H10ClN3O. The van der Waals surface area contributed by atoms with Gasteiger partial charge in [0.15, 0.2) is 5.82 Å². The molecule has 0 aliphatic carbocycles. The van der Waals surface area contributed by atoms with Crippen molar-refractivity contribution in [1.82, 2.24) is 14.5 Å². The van der Waals surface area contributed by atoms with Crippen molar-refractivity contribution < 1.29 is 0 Å². The van der Waals surface area contributed by atoms with E-state index in [0.29, 0.717) is 28.3 Å². The summed E-state index contributed by atoms with van der Waals surface area (Å²) in [7, 11) is 0. The number of halogens is 1. The van der Waals surface area contributed by atoms with Crippen molar-refractivity contribution in [3.63, 3.8) is 0 Å². The van der Waals surface area contributed by atoms with Crippen LogP contribution in [0.15, 0.2) is 53.3 Å². The molecule has 110 valence electrons. The number of pyridine rings is 1. The predicted molar refractivity (Wildman–Crippen MR) is 90.9 cm³/mol. The van der Waals surface area contributed by atoms with Gasteiger partial charge in [-0.1, -0.05) is 23.7 Å². The third kappa shape index (κ3) is 1.75. The van der Waals surface area contributed by atoms with Gasteiger partial charge in [0.2, 0.25) is 0 Å². The summed E-state index contributed by atoms with van der Waals surface area (Å²) in [4.78, 5) is 22.1. The SMILES string of the molecule is O=c1c2ccccc2nc2n1Cc1cc3cc(Cl)ccc3nc1-2. The lowest BCUT2D eigenvalue weighted by molar-refractivity contribution is 0.797. The van der Waals surface area contributed by atoms with E-state index >= 15 is 0 Å². The Bertz CT molecular complexity index is 1180. The predicted octanol–water partition coefficient (Wildman–Crippen LogP) is 3.63. The molecule has 5 rings (SSSR count). The smallest absolute Gasteiger partial charge is 0.262 e. The van der Waals surface area contributed by atoms with E-state index in [4.69, 9.17) is 16.6 Å². The number of aromatic nitrogens is 3. The van der Waals surface area contributed by atoms with Gasteiger partial charge in [-0.15, -0.1) is 0 Å². The van der Waals surface area contributed by atoms with Crippen molar-refractivity contribution in [3.05, 3.63) is 69.5 Å². The number of benzene rings is 2. The van der Waals surface area contributed by atoms with Crippen LogP contribution in [0.3, 0.4) is 0 Å². The molecule has 5 heteroatoms. The fraction of sp³-hybridized carbons (Fsp3) is 0.0556. The summed E-state index contributed by atoms with van der Waals surface area (Å²) in [5.41, 5.74) is 3.31. The lowest BCUT2D eigenvalue weighted by Crippen LogP contribution is -2.20. The molecule has 2 aromatic heterocycles. The van der Waals surface area contributed by atoms with Gasteiger partial charge in [0.05, 0.1) is 23.0 Å². The molecule has 0 saturated carbocycles. The van der Waals surface area contributed by atoms with Gasteiger partial charge >= 0.3 is 0 Å². The molecule has 3 heterocycles. The topological polar surface area (TPSA) is 47.8 Å². The number of fused-ring (bicyclic) bond motifs is 5. The van der Waals surface area contributed by atoms with Crippen molar-refractivity contribution in [3.8, 4) is 11.5 Å². The second-order valence-electron chi connectivity index (χ2n) is 5.68. The van der Waals surface area contributed by atoms with Crippen LogP contribution in [-0.2, 0) is 6.54 Å². The van der Waals surface area contributed by atoms with Crippen molar-refractivity contribution >= 4 is 33.4 Å². The Morgan fingerprint density at radius 3 is 2.78 bits per heavy atom. The lowest BCUT2D eigenvalue weighted by Gasteiger charge is -2.04. The maximum atomic E-state index is 12.7. The van der Waals surface area contributed by atoms with Crippen LogP contribution in [0.25, 0.3) is 33.3 Å². The highest BCUT2D eigenvalue weighted by atomic mass is 35.5. The highest BCUT2D eigenvalue weighted by Crippen LogP contribution is 2.31. The molecule has 1 aliphatic rings. The Hall–Kier alpha value is -2.72. The van der Waals surface area contributed by atoms with E-state index in [1.165, 1.54) is 0 Å². The number of rotatable bonds is 0. The lowest BCUT2D eigenvalue weighted by atomic mass is 10.1. The molecule has 4 aromatic rings. The van der Waals surface area contributed by atoms with Gasteiger partial charge in [-0.25, -0.2) is 9.97 Å². The highest BCUT2D eigenvalue weighted by molar-refractivity contribution is 6.31. The maximum Gasteiger partial charge on any atom is 0.262 e. The summed E-state index contributed by atoms with van der Waals surface area (Å²) in [5.74, 6) is 0.639. The van der Waals surface area contributed by atoms with Crippen molar-refractivity contribution in [2.75, 3.05) is 0 Å². The largest absolute Gasteiger partial charge is 0.286 e. The molecule has 0 saturated heterocycles. The first-order valence-electron chi connectivity index (χ1n) is 7.30. The van der Waals surface area contributed by atoms with E-state index in [1.807, 2.05) is 48.5 Å². The molecule has 1 aliphatic heterocycles. The molecule has 0 radical (unpaired) electrons. The molecule has 0 spiro atoms. The molecule has 2 aromatic carbocycles. The Balaban J connectivity index is 1.86. The Labute approximate surface area is 136 Å². The summed E-state index contributed by atoms with van der Waals surface area (Å²) in [6, 6.07) is 15.1. The molecule has 4 nitrogen and oxygen atoms in total. The van der Waals surface area contributed by atoms with Gasteiger partial charge in [0.1, 0.15) is 5.69 Å². The normalized spacial score (nSPS) is 12.6. The van der Waals surface area contributed by atoms with E-state index in [9.17, 15) is 4.79 Å². The minimum atomic E-state index is -0.0225. The van der Waals surface area contributed by atoms with Crippen LogP contribution in [0.1, 0.15) is 5.56 Å². The molecule has 0 bridgehead atoms. The first-order chi connectivity index (χ1) is 11.2. The van der Waals surface area contributed by atoms with Crippen LogP contribution in [0.5, 0.6) is 0 Å². The van der Waals surface area contributed by atoms with Gasteiger partial charge in [0.25, 0.3) is 5.56 Å². The number of para-hydroxylation sites is 1. The molecule has 0 amide bonds. The Morgan fingerprint density at radius 2 is 1.87 bits per heavy atom. The summed E-state index contributed by atoms with van der Waals surface area (Å²) in [6.45, 7) is 0.497. The van der Waals surface area contributed by atoms with E-state index in [2.05, 4.69) is 4.98 Å². The van der Waals surface area contributed by atoms with Gasteiger partial charge in [0, 0.05) is 16.0 Å². The molecule has 0 atom stereocenters. The highest BCUT2D eigenvalue weighted by Gasteiger charge is 2.24. The van der Waals surface area contributed by atoms with Crippen LogP contribution in [0.4, 0.5) is 0 Å². The van der Waals surface area contributed by atoms with E-state index in [-0.39, 0.29) is 5.56 Å². The molecular weight excluding hydrogens is 310 g/mol. The number of hydrogen-bond donors (Lipinski definition) is 0. The maximum absolute atomic E-state index is 12.7. The van der Waals surface area contributed by atoms with Crippen LogP contribution in [0.2, 0.25) is 5.02 Å². The van der Waals surface area contributed by atoms with E-state index in [1.54, 1.807) is 4.57 Å². The quantitative estimate of drug-likeness (QED) is 0.438. The molecule has 0 fully saturated rings. The zero-order chi connectivity index (χ0) is 15.6. The Morgan fingerprint density at radius 1 is 1.00 bits per heavy atom. The van der Waals surface area contributed by atoms with Crippen molar-refractivity contribution in [2.45, 2.75) is 6.54 Å². The van der Waals surface area contributed by atoms with Crippen LogP contribution in [0, 0.1) is 0 Å². The second kappa shape index (κ2) is 4.40. The standard InChI is InChI=1S/C18H10ClN3O/c19-12-5-6-14-10(8-12)7-11-9-22-17(16(11)20-14)21-15-4-2-1-3-13(15)18(22)23/h1-8H,9H2. The minimum Gasteiger partial charge on any atom is -0.286 e. The first kappa shape index (κ1) is 12.8. The summed E-state index contributed by atoms with van der Waals surface area (Å²) < 4.78 is 1.69. The van der Waals surface area contributed by atoms with Crippen molar-refractivity contribution in [2.24, 2.45) is 0 Å². The van der Waals surface area contributed by atoms with Crippen LogP contribution in [-0.4, -0.2) is 14.5 Å². The van der Waals surface area contributed by atoms with Crippen LogP contribution >= 0.6 is 11.6 Å². The average Bonchev–Trinajstić information content (AvgIpc) is 2.91. The first-order valence-corrected chi connectivity index (χ1v) is 7.68. The van der Waals surface area contributed by atoms with E-state index < -0.39 is 0 Å². The summed E-state index contributed by atoms with van der Waals surface area (Å²) >= 11 is 6.06.